The summed E-state index contributed by atoms with van der Waals surface area (Å²) < 4.78 is 1.55. The van der Waals surface area contributed by atoms with Crippen LogP contribution in [-0.4, -0.2) is 26.1 Å². The first-order valence-electron chi connectivity index (χ1n) is 8.52. The van der Waals surface area contributed by atoms with Crippen LogP contribution in [0.5, 0.6) is 0 Å². The highest BCUT2D eigenvalue weighted by Crippen LogP contribution is 2.25. The number of Topliss-reactive ketones (excluding diaryl/α,β-unsaturated/α-hetero) is 1. The minimum absolute atomic E-state index is 0.000902. The zero-order valence-electron chi connectivity index (χ0n) is 14.5. The van der Waals surface area contributed by atoms with Crippen LogP contribution in [0.3, 0.4) is 0 Å². The quantitative estimate of drug-likeness (QED) is 0.239. The summed E-state index contributed by atoms with van der Waals surface area (Å²) in [5.74, 6) is 0.209. The summed E-state index contributed by atoms with van der Waals surface area (Å²) in [4.78, 5) is 33.3. The van der Waals surface area contributed by atoms with Crippen molar-refractivity contribution in [3.63, 3.8) is 0 Å². The Labute approximate surface area is 159 Å². The average molecular weight is 375 g/mol. The van der Waals surface area contributed by atoms with Crippen molar-refractivity contribution in [2.24, 2.45) is 0 Å². The van der Waals surface area contributed by atoms with E-state index in [1.807, 2.05) is 42.5 Å². The molecule has 0 aliphatic carbocycles. The highest BCUT2D eigenvalue weighted by Gasteiger charge is 2.16. The van der Waals surface area contributed by atoms with Gasteiger partial charge in [-0.1, -0.05) is 66.4 Å². The zero-order chi connectivity index (χ0) is 18.8. The van der Waals surface area contributed by atoms with E-state index >= 15 is 0 Å². The van der Waals surface area contributed by atoms with Crippen LogP contribution < -0.4 is 5.56 Å². The Hall–Kier alpha value is -3.12. The number of carbonyl (C=O) groups excluding carboxylic acids is 1. The molecule has 0 bridgehead atoms. The predicted molar refractivity (Wildman–Crippen MR) is 110 cm³/mol. The smallest absolute Gasteiger partial charge is 0.278 e. The molecule has 0 atom stereocenters. The number of aromatic nitrogens is 3. The molecule has 134 valence electrons. The van der Waals surface area contributed by atoms with Crippen LogP contribution in [0.25, 0.3) is 21.9 Å². The number of hydrogen-bond acceptors (Lipinski definition) is 4. The van der Waals surface area contributed by atoms with E-state index in [9.17, 15) is 9.59 Å². The van der Waals surface area contributed by atoms with Crippen molar-refractivity contribution in [1.82, 2.24) is 14.5 Å². The van der Waals surface area contributed by atoms with Crippen molar-refractivity contribution in [3.8, 4) is 0 Å². The van der Waals surface area contributed by atoms with E-state index in [-0.39, 0.29) is 17.1 Å². The van der Waals surface area contributed by atoms with Gasteiger partial charge in [-0.25, -0.2) is 4.98 Å². The van der Waals surface area contributed by atoms with Gasteiger partial charge < -0.3 is 4.98 Å². The molecule has 0 unspecified atom stereocenters. The Morgan fingerprint density at radius 3 is 2.67 bits per heavy atom. The summed E-state index contributed by atoms with van der Waals surface area (Å²) >= 11 is 1.27. The first-order chi connectivity index (χ1) is 13.2. The molecule has 4 rings (SSSR count). The lowest BCUT2D eigenvalue weighted by Gasteiger charge is -2.09. The summed E-state index contributed by atoms with van der Waals surface area (Å²) in [6, 6.07) is 16.8. The molecule has 5 nitrogen and oxygen atoms in total. The van der Waals surface area contributed by atoms with E-state index in [1.54, 1.807) is 22.8 Å². The van der Waals surface area contributed by atoms with Crippen LogP contribution in [0.15, 0.2) is 77.2 Å². The maximum Gasteiger partial charge on any atom is 0.278 e. The Morgan fingerprint density at radius 1 is 1.15 bits per heavy atom. The number of carbonyl (C=O) groups is 1. The number of para-hydroxylation sites is 1. The third-order valence-electron chi connectivity index (χ3n) is 4.32. The van der Waals surface area contributed by atoms with Gasteiger partial charge in [0, 0.05) is 23.0 Å². The third kappa shape index (κ3) is 3.19. The van der Waals surface area contributed by atoms with Gasteiger partial charge in [-0.15, -0.1) is 6.58 Å². The van der Waals surface area contributed by atoms with Gasteiger partial charge in [0.15, 0.2) is 10.9 Å². The van der Waals surface area contributed by atoms with Gasteiger partial charge in [0.25, 0.3) is 5.56 Å². The van der Waals surface area contributed by atoms with Crippen LogP contribution in [-0.2, 0) is 6.54 Å². The summed E-state index contributed by atoms with van der Waals surface area (Å²) in [6.07, 6.45) is 1.65. The minimum atomic E-state index is -0.161. The number of hydrogen-bond donors (Lipinski definition) is 1. The van der Waals surface area contributed by atoms with Gasteiger partial charge in [0.2, 0.25) is 0 Å². The molecule has 4 aromatic rings. The molecule has 0 amide bonds. The third-order valence-corrected chi connectivity index (χ3v) is 5.29. The van der Waals surface area contributed by atoms with E-state index in [0.717, 1.165) is 10.9 Å². The molecule has 1 N–H and O–H groups in total. The van der Waals surface area contributed by atoms with E-state index in [0.29, 0.717) is 28.3 Å². The first-order valence-corrected chi connectivity index (χ1v) is 9.51. The van der Waals surface area contributed by atoms with Gasteiger partial charge in [-0.05, 0) is 6.07 Å². The highest BCUT2D eigenvalue weighted by atomic mass is 32.2. The Morgan fingerprint density at radius 2 is 1.89 bits per heavy atom. The number of thioether (sulfide) groups is 1. The van der Waals surface area contributed by atoms with Crippen molar-refractivity contribution >= 4 is 39.5 Å². The van der Waals surface area contributed by atoms with E-state index < -0.39 is 0 Å². The predicted octanol–water partition coefficient (Wildman–Crippen LogP) is 4.04. The van der Waals surface area contributed by atoms with Gasteiger partial charge in [0.1, 0.15) is 11.0 Å². The summed E-state index contributed by atoms with van der Waals surface area (Å²) in [6.45, 7) is 4.06. The largest absolute Gasteiger partial charge is 0.349 e. The maximum absolute atomic E-state index is 13.0. The molecule has 0 fully saturated rings. The molecule has 2 heterocycles. The number of H-pyrrole nitrogens is 1. The molecule has 0 aliphatic rings. The highest BCUT2D eigenvalue weighted by molar-refractivity contribution is 7.99. The van der Waals surface area contributed by atoms with Crippen LogP contribution in [0.4, 0.5) is 0 Å². The lowest BCUT2D eigenvalue weighted by Crippen LogP contribution is -2.23. The second-order valence-electron chi connectivity index (χ2n) is 6.07. The number of ketones is 1. The molecule has 0 radical (unpaired) electrons. The fourth-order valence-corrected chi connectivity index (χ4v) is 3.91. The Bertz CT molecular complexity index is 1210. The van der Waals surface area contributed by atoms with Gasteiger partial charge in [-0.3, -0.25) is 14.2 Å². The van der Waals surface area contributed by atoms with E-state index in [4.69, 9.17) is 4.98 Å². The maximum atomic E-state index is 13.0. The monoisotopic (exact) mass is 375 g/mol. The van der Waals surface area contributed by atoms with E-state index in [2.05, 4.69) is 11.6 Å². The zero-order valence-corrected chi connectivity index (χ0v) is 15.3. The molecule has 0 aliphatic heterocycles. The first kappa shape index (κ1) is 17.3. The van der Waals surface area contributed by atoms with Gasteiger partial charge in [0.05, 0.1) is 5.75 Å². The molecule has 2 aromatic heterocycles. The van der Waals surface area contributed by atoms with Crippen molar-refractivity contribution in [2.75, 3.05) is 5.75 Å². The second-order valence-corrected chi connectivity index (χ2v) is 7.01. The average Bonchev–Trinajstić information content (AvgIpc) is 3.08. The minimum Gasteiger partial charge on any atom is -0.349 e. The van der Waals surface area contributed by atoms with E-state index in [1.165, 1.54) is 11.8 Å². The van der Waals surface area contributed by atoms with Crippen molar-refractivity contribution < 1.29 is 4.79 Å². The number of rotatable bonds is 6. The standard InChI is InChI=1S/C21H17N3O2S/c1-2-12-24-20(26)19-18(15-10-6-7-11-16(15)22-19)23-21(24)27-13-17(25)14-8-4-3-5-9-14/h2-11,22H,1,12-13H2. The number of nitrogens with zero attached hydrogens (tertiary/aromatic N) is 2. The Kier molecular flexibility index (Phi) is 4.64. The normalized spacial score (nSPS) is 11.1. The van der Waals surface area contributed by atoms with Crippen LogP contribution >= 0.6 is 11.8 Å². The fourth-order valence-electron chi connectivity index (χ4n) is 3.01. The van der Waals surface area contributed by atoms with Crippen LogP contribution in [0, 0.1) is 0 Å². The molecule has 0 saturated heterocycles. The molecule has 27 heavy (non-hydrogen) atoms. The second kappa shape index (κ2) is 7.25. The number of fused-ring (bicyclic) bond motifs is 3. The molecule has 2 aromatic carbocycles. The SMILES string of the molecule is C=CCn1c(SCC(=O)c2ccccc2)nc2c([nH]c3ccccc32)c1=O. The molecular formula is C21H17N3O2S. The lowest BCUT2D eigenvalue weighted by atomic mass is 10.2. The summed E-state index contributed by atoms with van der Waals surface area (Å²) in [5, 5.41) is 1.41. The molecular weight excluding hydrogens is 358 g/mol. The number of nitrogens with one attached hydrogen (secondary N) is 1. The summed E-state index contributed by atoms with van der Waals surface area (Å²) in [7, 11) is 0. The topological polar surface area (TPSA) is 67.8 Å². The molecule has 0 saturated carbocycles. The van der Waals surface area contributed by atoms with Gasteiger partial charge >= 0.3 is 0 Å². The van der Waals surface area contributed by atoms with Crippen LogP contribution in [0.2, 0.25) is 0 Å². The van der Waals surface area contributed by atoms with Crippen molar-refractivity contribution in [3.05, 3.63) is 83.2 Å². The lowest BCUT2D eigenvalue weighted by molar-refractivity contribution is 0.102. The number of aromatic amines is 1. The summed E-state index contributed by atoms with van der Waals surface area (Å²) in [5.41, 5.74) is 2.45. The molecule has 6 heteroatoms. The fraction of sp³-hybridized carbons (Fsp3) is 0.0952. The number of allylic oxidation sites excluding steroid dienone is 1. The number of benzene rings is 2. The Balaban J connectivity index is 1.77. The molecule has 0 spiro atoms. The van der Waals surface area contributed by atoms with Crippen molar-refractivity contribution in [1.29, 1.82) is 0 Å². The van der Waals surface area contributed by atoms with Crippen LogP contribution in [0.1, 0.15) is 10.4 Å². The van der Waals surface area contributed by atoms with Gasteiger partial charge in [-0.2, -0.15) is 0 Å². The van der Waals surface area contributed by atoms with Crippen molar-refractivity contribution in [2.45, 2.75) is 11.7 Å².